The zero-order chi connectivity index (χ0) is 17.7. The van der Waals surface area contributed by atoms with Crippen LogP contribution in [0.3, 0.4) is 0 Å². The summed E-state index contributed by atoms with van der Waals surface area (Å²) in [6.45, 7) is 0. The van der Waals surface area contributed by atoms with Crippen molar-refractivity contribution in [2.45, 2.75) is 0 Å². The molecule has 0 aromatic heterocycles. The second kappa shape index (κ2) is 7.07. The second-order valence-corrected chi connectivity index (χ2v) is 4.76. The summed E-state index contributed by atoms with van der Waals surface area (Å²) in [7, 11) is 1.40. The lowest BCUT2D eigenvalue weighted by atomic mass is 10.1. The standard InChI is InChI=1S/C17H14N2O5/c1-24-16-5-3-12(8-15(16)22)19-17(23)11(9-18)6-10-2-4-13(20)14(21)7-10/h2-8,20-22H,1H3,(H,19,23)/b11-6+. The Balaban J connectivity index is 2.22. The first-order chi connectivity index (χ1) is 11.4. The number of ether oxygens (including phenoxy) is 1. The second-order valence-electron chi connectivity index (χ2n) is 4.76. The number of benzene rings is 2. The number of nitrogens with one attached hydrogen (secondary N) is 1. The summed E-state index contributed by atoms with van der Waals surface area (Å²) in [5.41, 5.74) is 0.443. The Bertz CT molecular complexity index is 853. The highest BCUT2D eigenvalue weighted by Crippen LogP contribution is 2.29. The van der Waals surface area contributed by atoms with Gasteiger partial charge in [-0.05, 0) is 35.9 Å². The van der Waals surface area contributed by atoms with Gasteiger partial charge in [0.05, 0.1) is 7.11 Å². The van der Waals surface area contributed by atoms with E-state index in [1.54, 1.807) is 6.07 Å². The third-order valence-electron chi connectivity index (χ3n) is 3.11. The SMILES string of the molecule is COc1ccc(NC(=O)/C(C#N)=C/c2ccc(O)c(O)c2)cc1O. The third kappa shape index (κ3) is 3.75. The number of aromatic hydroxyl groups is 3. The van der Waals surface area contributed by atoms with Crippen molar-refractivity contribution in [3.63, 3.8) is 0 Å². The first kappa shape index (κ1) is 16.7. The molecule has 0 heterocycles. The van der Waals surface area contributed by atoms with Crippen molar-refractivity contribution in [1.29, 1.82) is 5.26 Å². The van der Waals surface area contributed by atoms with Gasteiger partial charge in [0, 0.05) is 11.8 Å². The molecule has 0 spiro atoms. The van der Waals surface area contributed by atoms with Gasteiger partial charge in [-0.1, -0.05) is 6.07 Å². The summed E-state index contributed by atoms with van der Waals surface area (Å²) >= 11 is 0. The zero-order valence-corrected chi connectivity index (χ0v) is 12.6. The van der Waals surface area contributed by atoms with Gasteiger partial charge in [0.25, 0.3) is 5.91 Å². The Morgan fingerprint density at radius 2 is 1.88 bits per heavy atom. The molecule has 7 nitrogen and oxygen atoms in total. The van der Waals surface area contributed by atoms with Crippen molar-refractivity contribution >= 4 is 17.7 Å². The highest BCUT2D eigenvalue weighted by atomic mass is 16.5. The molecule has 0 aliphatic heterocycles. The van der Waals surface area contributed by atoms with Gasteiger partial charge in [-0.25, -0.2) is 0 Å². The molecule has 7 heteroatoms. The Hall–Kier alpha value is -3.66. The molecular formula is C17H14N2O5. The van der Waals surface area contributed by atoms with Crippen LogP contribution in [0.15, 0.2) is 42.0 Å². The molecule has 4 N–H and O–H groups in total. The third-order valence-corrected chi connectivity index (χ3v) is 3.11. The lowest BCUT2D eigenvalue weighted by molar-refractivity contribution is -0.112. The number of rotatable bonds is 4. The topological polar surface area (TPSA) is 123 Å². The molecule has 0 radical (unpaired) electrons. The molecule has 0 saturated heterocycles. The maximum absolute atomic E-state index is 12.1. The van der Waals surface area contributed by atoms with Crippen LogP contribution in [0.5, 0.6) is 23.0 Å². The number of methoxy groups -OCH3 is 1. The normalized spacial score (nSPS) is 10.8. The molecule has 0 atom stereocenters. The fraction of sp³-hybridized carbons (Fsp3) is 0.0588. The minimum absolute atomic E-state index is 0.152. The molecular weight excluding hydrogens is 312 g/mol. The van der Waals surface area contributed by atoms with E-state index in [9.17, 15) is 20.1 Å². The van der Waals surface area contributed by atoms with Crippen molar-refractivity contribution in [1.82, 2.24) is 0 Å². The summed E-state index contributed by atoms with van der Waals surface area (Å²) in [4.78, 5) is 12.1. The molecule has 0 fully saturated rings. The minimum atomic E-state index is -0.686. The van der Waals surface area contributed by atoms with E-state index in [1.165, 1.54) is 49.6 Å². The molecule has 0 unspecified atom stereocenters. The van der Waals surface area contributed by atoms with Crippen LogP contribution >= 0.6 is 0 Å². The summed E-state index contributed by atoms with van der Waals surface area (Å²) in [6, 6.07) is 9.94. The van der Waals surface area contributed by atoms with Gasteiger partial charge in [-0.3, -0.25) is 4.79 Å². The highest BCUT2D eigenvalue weighted by Gasteiger charge is 2.11. The maximum Gasteiger partial charge on any atom is 0.266 e. The molecule has 0 bridgehead atoms. The van der Waals surface area contributed by atoms with E-state index in [0.29, 0.717) is 5.56 Å². The van der Waals surface area contributed by atoms with Crippen LogP contribution in [0.4, 0.5) is 5.69 Å². The van der Waals surface area contributed by atoms with Crippen LogP contribution in [-0.4, -0.2) is 28.3 Å². The van der Waals surface area contributed by atoms with E-state index in [0.717, 1.165) is 0 Å². The number of carbonyl (C=O) groups excluding carboxylic acids is 1. The van der Waals surface area contributed by atoms with Gasteiger partial charge in [0.2, 0.25) is 0 Å². The number of phenolic OH excluding ortho intramolecular Hbond substituents is 3. The zero-order valence-electron chi connectivity index (χ0n) is 12.6. The van der Waals surface area contributed by atoms with Crippen LogP contribution in [-0.2, 0) is 4.79 Å². The Labute approximate surface area is 137 Å². The summed E-state index contributed by atoms with van der Waals surface area (Å²) < 4.78 is 4.90. The Morgan fingerprint density at radius 1 is 1.12 bits per heavy atom. The summed E-state index contributed by atoms with van der Waals surface area (Å²) in [5, 5.41) is 40.0. The molecule has 0 aliphatic rings. The number of hydrogen-bond acceptors (Lipinski definition) is 6. The van der Waals surface area contributed by atoms with Crippen molar-refractivity contribution in [2.24, 2.45) is 0 Å². The van der Waals surface area contributed by atoms with Crippen LogP contribution in [0.2, 0.25) is 0 Å². The highest BCUT2D eigenvalue weighted by molar-refractivity contribution is 6.09. The molecule has 122 valence electrons. The minimum Gasteiger partial charge on any atom is -0.504 e. The summed E-state index contributed by atoms with van der Waals surface area (Å²) in [6.07, 6.45) is 1.26. The predicted molar refractivity (Wildman–Crippen MR) is 86.7 cm³/mol. The first-order valence-corrected chi connectivity index (χ1v) is 6.76. The fourth-order valence-corrected chi connectivity index (χ4v) is 1.91. The van der Waals surface area contributed by atoms with E-state index in [1.807, 2.05) is 0 Å². The average Bonchev–Trinajstić information content (AvgIpc) is 2.56. The Kier molecular flexibility index (Phi) is 4.92. The van der Waals surface area contributed by atoms with Crippen LogP contribution < -0.4 is 10.1 Å². The molecule has 2 aromatic carbocycles. The number of nitriles is 1. The number of nitrogens with zero attached hydrogens (tertiary/aromatic N) is 1. The van der Waals surface area contributed by atoms with Crippen LogP contribution in [0, 0.1) is 11.3 Å². The Morgan fingerprint density at radius 3 is 2.46 bits per heavy atom. The monoisotopic (exact) mass is 326 g/mol. The smallest absolute Gasteiger partial charge is 0.266 e. The van der Waals surface area contributed by atoms with Gasteiger partial charge < -0.3 is 25.4 Å². The lowest BCUT2D eigenvalue weighted by Crippen LogP contribution is -2.13. The first-order valence-electron chi connectivity index (χ1n) is 6.76. The van der Waals surface area contributed by atoms with Gasteiger partial charge in [0.1, 0.15) is 11.6 Å². The molecule has 0 saturated carbocycles. The number of hydrogen-bond donors (Lipinski definition) is 4. The summed E-state index contributed by atoms with van der Waals surface area (Å²) in [5.74, 6) is -1.25. The quantitative estimate of drug-likeness (QED) is 0.388. The van der Waals surface area contributed by atoms with Crippen molar-refractivity contribution < 1.29 is 24.9 Å². The number of phenols is 3. The van der Waals surface area contributed by atoms with E-state index >= 15 is 0 Å². The lowest BCUT2D eigenvalue weighted by Gasteiger charge is -2.07. The van der Waals surface area contributed by atoms with E-state index in [2.05, 4.69) is 5.32 Å². The van der Waals surface area contributed by atoms with Crippen LogP contribution in [0.25, 0.3) is 6.08 Å². The van der Waals surface area contributed by atoms with Gasteiger partial charge in [-0.15, -0.1) is 0 Å². The molecule has 2 rings (SSSR count). The van der Waals surface area contributed by atoms with Crippen LogP contribution in [0.1, 0.15) is 5.56 Å². The van der Waals surface area contributed by atoms with Crippen molar-refractivity contribution in [3.05, 3.63) is 47.5 Å². The van der Waals surface area contributed by atoms with Gasteiger partial charge in [0.15, 0.2) is 23.0 Å². The van der Waals surface area contributed by atoms with E-state index in [-0.39, 0.29) is 34.3 Å². The number of anilines is 1. The molecule has 0 aliphatic carbocycles. The largest absolute Gasteiger partial charge is 0.504 e. The van der Waals surface area contributed by atoms with Gasteiger partial charge in [-0.2, -0.15) is 5.26 Å². The molecule has 24 heavy (non-hydrogen) atoms. The molecule has 1 amide bonds. The van der Waals surface area contributed by atoms with Crippen molar-refractivity contribution in [2.75, 3.05) is 12.4 Å². The van der Waals surface area contributed by atoms with Gasteiger partial charge >= 0.3 is 0 Å². The van der Waals surface area contributed by atoms with E-state index in [4.69, 9.17) is 10.00 Å². The fourth-order valence-electron chi connectivity index (χ4n) is 1.91. The predicted octanol–water partition coefficient (Wildman–Crippen LogP) is 2.36. The number of amides is 1. The van der Waals surface area contributed by atoms with Crippen molar-refractivity contribution in [3.8, 4) is 29.1 Å². The number of carbonyl (C=O) groups is 1. The average molecular weight is 326 g/mol. The maximum atomic E-state index is 12.1. The van der Waals surface area contributed by atoms with E-state index < -0.39 is 5.91 Å². The molecule has 2 aromatic rings.